The molecule has 1 aromatic carbocycles. The number of nitrogens with zero attached hydrogens (tertiary/aromatic N) is 3. The van der Waals surface area contributed by atoms with Crippen LogP contribution in [0, 0.1) is 6.92 Å². The van der Waals surface area contributed by atoms with Crippen molar-refractivity contribution in [3.63, 3.8) is 0 Å². The third-order valence-electron chi connectivity index (χ3n) is 4.35. The number of rotatable bonds is 3. The Morgan fingerprint density at radius 2 is 2.04 bits per heavy atom. The van der Waals surface area contributed by atoms with Crippen molar-refractivity contribution in [2.24, 2.45) is 0 Å². The lowest BCUT2D eigenvalue weighted by atomic mass is 10.1. The van der Waals surface area contributed by atoms with E-state index >= 15 is 0 Å². The van der Waals surface area contributed by atoms with Crippen molar-refractivity contribution in [1.82, 2.24) is 14.8 Å². The summed E-state index contributed by atoms with van der Waals surface area (Å²) in [5, 5.41) is 7.49. The Balaban J connectivity index is 1.61. The highest BCUT2D eigenvalue weighted by molar-refractivity contribution is 6.03. The number of oxazole rings is 1. The number of carbonyl (C=O) groups is 1. The van der Waals surface area contributed by atoms with Crippen molar-refractivity contribution in [2.75, 3.05) is 5.32 Å². The number of benzene rings is 1. The van der Waals surface area contributed by atoms with Crippen LogP contribution in [0.15, 0.2) is 28.7 Å². The lowest BCUT2D eigenvalue weighted by Gasteiger charge is -2.22. The first-order valence-electron chi connectivity index (χ1n) is 8.60. The van der Waals surface area contributed by atoms with Crippen LogP contribution in [0.1, 0.15) is 61.6 Å². The average molecular weight is 338 g/mol. The summed E-state index contributed by atoms with van der Waals surface area (Å²) < 4.78 is 7.45. The van der Waals surface area contributed by atoms with E-state index in [0.29, 0.717) is 28.8 Å². The summed E-state index contributed by atoms with van der Waals surface area (Å²) in [5.41, 5.74) is 3.59. The molecule has 3 aromatic rings. The summed E-state index contributed by atoms with van der Waals surface area (Å²) in [4.78, 5) is 17.0. The quantitative estimate of drug-likeness (QED) is 0.776. The molecule has 1 N–H and O–H groups in total. The Labute approximate surface area is 146 Å². The summed E-state index contributed by atoms with van der Waals surface area (Å²) in [6.07, 6.45) is 2.34. The standard InChI is InChI=1S/C19H22N4O2/c1-11-20-14-9-13(7-8-17(14)25-11)21-18(24)15-10-16(12-5-6-12)23(22-15)19(2,3)4/h7-10,12H,5-6H2,1-4H3,(H,21,24). The number of hydrogen-bond acceptors (Lipinski definition) is 4. The van der Waals surface area contributed by atoms with Gasteiger partial charge in [0.25, 0.3) is 5.91 Å². The third kappa shape index (κ3) is 3.04. The molecule has 6 nitrogen and oxygen atoms in total. The van der Waals surface area contributed by atoms with Crippen LogP contribution >= 0.6 is 0 Å². The lowest BCUT2D eigenvalue weighted by molar-refractivity contribution is 0.102. The zero-order valence-electron chi connectivity index (χ0n) is 15.0. The van der Waals surface area contributed by atoms with Crippen molar-refractivity contribution in [3.8, 4) is 0 Å². The largest absolute Gasteiger partial charge is 0.441 e. The van der Waals surface area contributed by atoms with E-state index < -0.39 is 0 Å². The van der Waals surface area contributed by atoms with Gasteiger partial charge < -0.3 is 9.73 Å². The Kier molecular flexibility index (Phi) is 3.45. The molecule has 4 rings (SSSR count). The van der Waals surface area contributed by atoms with Crippen LogP contribution in [-0.2, 0) is 5.54 Å². The molecule has 25 heavy (non-hydrogen) atoms. The fourth-order valence-corrected chi connectivity index (χ4v) is 3.03. The Bertz CT molecular complexity index is 958. The second kappa shape index (κ2) is 5.44. The van der Waals surface area contributed by atoms with Crippen LogP contribution < -0.4 is 5.32 Å². The Hall–Kier alpha value is -2.63. The van der Waals surface area contributed by atoms with Gasteiger partial charge in [-0.25, -0.2) is 4.98 Å². The van der Waals surface area contributed by atoms with Gasteiger partial charge in [-0.05, 0) is 57.9 Å². The van der Waals surface area contributed by atoms with Gasteiger partial charge in [0.15, 0.2) is 17.2 Å². The highest BCUT2D eigenvalue weighted by atomic mass is 16.3. The van der Waals surface area contributed by atoms with Crippen molar-refractivity contribution in [1.29, 1.82) is 0 Å². The van der Waals surface area contributed by atoms with Crippen LogP contribution in [-0.4, -0.2) is 20.7 Å². The molecule has 6 heteroatoms. The zero-order chi connectivity index (χ0) is 17.8. The second-order valence-corrected chi connectivity index (χ2v) is 7.68. The van der Waals surface area contributed by atoms with Gasteiger partial charge in [-0.2, -0.15) is 5.10 Å². The molecule has 0 saturated heterocycles. The number of nitrogens with one attached hydrogen (secondary N) is 1. The number of fused-ring (bicyclic) bond motifs is 1. The van der Waals surface area contributed by atoms with E-state index in [9.17, 15) is 4.79 Å². The maximum atomic E-state index is 12.7. The van der Waals surface area contributed by atoms with Crippen molar-refractivity contribution >= 4 is 22.7 Å². The van der Waals surface area contributed by atoms with Gasteiger partial charge in [0, 0.05) is 24.2 Å². The monoisotopic (exact) mass is 338 g/mol. The number of hydrogen-bond donors (Lipinski definition) is 1. The SMILES string of the molecule is Cc1nc2cc(NC(=O)c3cc(C4CC4)n(C(C)(C)C)n3)ccc2o1. The highest BCUT2D eigenvalue weighted by Gasteiger charge is 2.32. The number of aryl methyl sites for hydroxylation is 1. The smallest absolute Gasteiger partial charge is 0.276 e. The molecular formula is C19H22N4O2. The molecular weight excluding hydrogens is 316 g/mol. The maximum absolute atomic E-state index is 12.7. The number of aromatic nitrogens is 3. The number of carbonyl (C=O) groups excluding carboxylic acids is 1. The van der Waals surface area contributed by atoms with Crippen LogP contribution in [0.25, 0.3) is 11.1 Å². The van der Waals surface area contributed by atoms with Gasteiger partial charge in [0.2, 0.25) is 0 Å². The molecule has 0 unspecified atom stereocenters. The van der Waals surface area contributed by atoms with Gasteiger partial charge in [-0.3, -0.25) is 9.48 Å². The van der Waals surface area contributed by atoms with E-state index in [1.807, 2.05) is 28.9 Å². The predicted octanol–water partition coefficient (Wildman–Crippen LogP) is 4.22. The van der Waals surface area contributed by atoms with Crippen LogP contribution in [0.4, 0.5) is 5.69 Å². The van der Waals surface area contributed by atoms with E-state index in [4.69, 9.17) is 4.42 Å². The van der Waals surface area contributed by atoms with Gasteiger partial charge in [0.1, 0.15) is 5.52 Å². The first-order chi connectivity index (χ1) is 11.8. The first-order valence-corrected chi connectivity index (χ1v) is 8.60. The topological polar surface area (TPSA) is 73.0 Å². The van der Waals surface area contributed by atoms with Gasteiger partial charge in [-0.15, -0.1) is 0 Å². The molecule has 1 saturated carbocycles. The molecule has 0 bridgehead atoms. The summed E-state index contributed by atoms with van der Waals surface area (Å²) >= 11 is 0. The minimum Gasteiger partial charge on any atom is -0.441 e. The van der Waals surface area contributed by atoms with E-state index in [1.165, 1.54) is 12.8 Å². The molecule has 1 amide bonds. The molecule has 1 fully saturated rings. The molecule has 2 heterocycles. The molecule has 0 atom stereocenters. The van der Waals surface area contributed by atoms with Crippen LogP contribution in [0.2, 0.25) is 0 Å². The summed E-state index contributed by atoms with van der Waals surface area (Å²) in [6, 6.07) is 7.37. The molecule has 0 spiro atoms. The van der Waals surface area contributed by atoms with Crippen molar-refractivity contribution < 1.29 is 9.21 Å². The fraction of sp³-hybridized carbons (Fsp3) is 0.421. The Morgan fingerprint density at radius 3 is 2.72 bits per heavy atom. The third-order valence-corrected chi connectivity index (χ3v) is 4.35. The predicted molar refractivity (Wildman–Crippen MR) is 95.9 cm³/mol. The normalized spacial score (nSPS) is 14.9. The van der Waals surface area contributed by atoms with Gasteiger partial charge in [-0.1, -0.05) is 0 Å². The zero-order valence-corrected chi connectivity index (χ0v) is 15.0. The minimum absolute atomic E-state index is 0.145. The minimum atomic E-state index is -0.204. The highest BCUT2D eigenvalue weighted by Crippen LogP contribution is 2.41. The van der Waals surface area contributed by atoms with E-state index in [0.717, 1.165) is 11.2 Å². The Morgan fingerprint density at radius 1 is 1.28 bits per heavy atom. The maximum Gasteiger partial charge on any atom is 0.276 e. The lowest BCUT2D eigenvalue weighted by Crippen LogP contribution is -2.25. The van der Waals surface area contributed by atoms with Crippen molar-refractivity contribution in [2.45, 2.75) is 52.0 Å². The van der Waals surface area contributed by atoms with Crippen LogP contribution in [0.3, 0.4) is 0 Å². The van der Waals surface area contributed by atoms with Crippen LogP contribution in [0.5, 0.6) is 0 Å². The average Bonchev–Trinajstić information content (AvgIpc) is 3.14. The molecule has 2 aromatic heterocycles. The molecule has 1 aliphatic carbocycles. The summed E-state index contributed by atoms with van der Waals surface area (Å²) in [6.45, 7) is 8.12. The molecule has 0 aliphatic heterocycles. The van der Waals surface area contributed by atoms with Gasteiger partial charge >= 0.3 is 0 Å². The van der Waals surface area contributed by atoms with E-state index in [2.05, 4.69) is 36.2 Å². The molecule has 130 valence electrons. The van der Waals surface area contributed by atoms with E-state index in [1.54, 1.807) is 6.92 Å². The summed E-state index contributed by atoms with van der Waals surface area (Å²) in [7, 11) is 0. The number of amides is 1. The van der Waals surface area contributed by atoms with Crippen molar-refractivity contribution in [3.05, 3.63) is 41.5 Å². The molecule has 0 radical (unpaired) electrons. The fourth-order valence-electron chi connectivity index (χ4n) is 3.03. The summed E-state index contributed by atoms with van der Waals surface area (Å²) in [5.74, 6) is 0.934. The van der Waals surface area contributed by atoms with Gasteiger partial charge in [0.05, 0.1) is 5.54 Å². The van der Waals surface area contributed by atoms with E-state index in [-0.39, 0.29) is 11.4 Å². The first kappa shape index (κ1) is 15.9. The number of anilines is 1. The second-order valence-electron chi connectivity index (χ2n) is 7.68. The molecule has 1 aliphatic rings.